The zero-order chi connectivity index (χ0) is 18.5. The largest absolute Gasteiger partial charge is 0.377 e. The Kier molecular flexibility index (Phi) is 8.02. The highest BCUT2D eigenvalue weighted by molar-refractivity contribution is 14.0. The van der Waals surface area contributed by atoms with Crippen molar-refractivity contribution in [2.24, 2.45) is 4.99 Å². The van der Waals surface area contributed by atoms with Gasteiger partial charge in [-0.25, -0.2) is 9.67 Å². The van der Waals surface area contributed by atoms with Gasteiger partial charge in [-0.15, -0.1) is 24.0 Å². The van der Waals surface area contributed by atoms with E-state index in [4.69, 9.17) is 9.26 Å². The average Bonchev–Trinajstić information content (AvgIpc) is 3.17. The van der Waals surface area contributed by atoms with Crippen LogP contribution in [0.15, 0.2) is 9.52 Å². The topological polar surface area (TPSA) is 102 Å². The lowest BCUT2D eigenvalue weighted by molar-refractivity contribution is 0.177. The number of hydrogen-bond donors (Lipinski definition) is 2. The molecule has 2 aromatic heterocycles. The molecule has 1 aliphatic heterocycles. The quantitative estimate of drug-likeness (QED) is 0.359. The van der Waals surface area contributed by atoms with E-state index < -0.39 is 0 Å². The highest BCUT2D eigenvalue weighted by Crippen LogP contribution is 2.14. The monoisotopic (exact) mass is 489 g/mol. The van der Waals surface area contributed by atoms with Crippen LogP contribution in [0.4, 0.5) is 0 Å². The molecule has 0 saturated carbocycles. The summed E-state index contributed by atoms with van der Waals surface area (Å²) in [6, 6.07) is 0.268. The molecule has 0 aromatic carbocycles. The molecule has 1 atom stereocenters. The van der Waals surface area contributed by atoms with Gasteiger partial charge in [-0.05, 0) is 26.7 Å². The van der Waals surface area contributed by atoms with Crippen LogP contribution in [0.2, 0.25) is 0 Å². The van der Waals surface area contributed by atoms with Gasteiger partial charge >= 0.3 is 0 Å². The summed E-state index contributed by atoms with van der Waals surface area (Å²) in [6.45, 7) is 5.90. The Balaban J connectivity index is 0.00000261. The highest BCUT2D eigenvalue weighted by Gasteiger charge is 2.22. The first-order valence-electron chi connectivity index (χ1n) is 8.91. The number of halogens is 1. The summed E-state index contributed by atoms with van der Waals surface area (Å²) in [7, 11) is 3.44. The van der Waals surface area contributed by atoms with E-state index in [0.29, 0.717) is 6.61 Å². The first kappa shape index (κ1) is 21.6. The molecule has 10 heteroatoms. The summed E-state index contributed by atoms with van der Waals surface area (Å²) in [6.07, 6.45) is 2.74. The maximum Gasteiger partial charge on any atom is 0.191 e. The number of fused-ring (bicyclic) bond motifs is 1. The molecule has 1 unspecified atom stereocenters. The second-order valence-electron chi connectivity index (χ2n) is 6.49. The summed E-state index contributed by atoms with van der Waals surface area (Å²) < 4.78 is 12.3. The second kappa shape index (κ2) is 10.0. The minimum absolute atomic E-state index is 0. The van der Waals surface area contributed by atoms with Crippen LogP contribution >= 0.6 is 24.0 Å². The number of aliphatic imine (C=N–C) groups is 1. The fourth-order valence-corrected chi connectivity index (χ4v) is 3.22. The number of nitrogens with zero attached hydrogens (tertiary/aromatic N) is 5. The predicted octanol–water partition coefficient (Wildman–Crippen LogP) is 1.37. The standard InChI is InChI=1S/C17H27N7O2.HI/c1-11-14(12(2)26-23-11)7-8-19-17(18-3)20-13-5-6-16-21-15(10-25-4)22-24(16)9-13;/h13H,5-10H2,1-4H3,(H2,18,19,20);1H. The molecule has 27 heavy (non-hydrogen) atoms. The number of hydrogen-bond acceptors (Lipinski definition) is 6. The van der Waals surface area contributed by atoms with Crippen LogP contribution in [0.1, 0.15) is 35.1 Å². The normalized spacial score (nSPS) is 16.6. The predicted molar refractivity (Wildman–Crippen MR) is 112 cm³/mol. The minimum Gasteiger partial charge on any atom is -0.377 e. The molecule has 0 bridgehead atoms. The van der Waals surface area contributed by atoms with Crippen LogP contribution in [-0.4, -0.2) is 52.6 Å². The van der Waals surface area contributed by atoms with Gasteiger partial charge in [0.25, 0.3) is 0 Å². The van der Waals surface area contributed by atoms with E-state index in [0.717, 1.165) is 67.0 Å². The molecule has 0 radical (unpaired) electrons. The number of aryl methyl sites for hydroxylation is 3. The van der Waals surface area contributed by atoms with Gasteiger partial charge in [-0.3, -0.25) is 4.99 Å². The molecule has 0 fully saturated rings. The summed E-state index contributed by atoms with van der Waals surface area (Å²) in [4.78, 5) is 8.83. The lowest BCUT2D eigenvalue weighted by atomic mass is 10.1. The third kappa shape index (κ3) is 5.41. The van der Waals surface area contributed by atoms with Gasteiger partial charge in [-0.2, -0.15) is 5.10 Å². The Bertz CT molecular complexity index is 752. The Labute approximate surface area is 176 Å². The molecule has 0 saturated heterocycles. The third-order valence-electron chi connectivity index (χ3n) is 4.59. The van der Waals surface area contributed by atoms with E-state index in [9.17, 15) is 0 Å². The van der Waals surface area contributed by atoms with Crippen LogP contribution < -0.4 is 10.6 Å². The Morgan fingerprint density at radius 1 is 1.41 bits per heavy atom. The van der Waals surface area contributed by atoms with Crippen LogP contribution in [0.3, 0.4) is 0 Å². The van der Waals surface area contributed by atoms with Crippen LogP contribution in [0, 0.1) is 13.8 Å². The van der Waals surface area contributed by atoms with E-state index in [1.165, 1.54) is 0 Å². The van der Waals surface area contributed by atoms with E-state index >= 15 is 0 Å². The van der Waals surface area contributed by atoms with Crippen molar-refractivity contribution in [2.45, 2.75) is 52.3 Å². The number of aromatic nitrogens is 4. The zero-order valence-corrected chi connectivity index (χ0v) is 18.6. The summed E-state index contributed by atoms with van der Waals surface area (Å²) in [5.74, 6) is 3.44. The lowest BCUT2D eigenvalue weighted by Gasteiger charge is -2.25. The van der Waals surface area contributed by atoms with Crippen molar-refractivity contribution in [3.05, 3.63) is 28.7 Å². The summed E-state index contributed by atoms with van der Waals surface area (Å²) >= 11 is 0. The molecular formula is C17H28IN7O2. The van der Waals surface area contributed by atoms with Crippen molar-refractivity contribution in [3.8, 4) is 0 Å². The van der Waals surface area contributed by atoms with Crippen molar-refractivity contribution >= 4 is 29.9 Å². The molecule has 150 valence electrons. The van der Waals surface area contributed by atoms with Gasteiger partial charge in [0.15, 0.2) is 11.8 Å². The molecular weight excluding hydrogens is 461 g/mol. The second-order valence-corrected chi connectivity index (χ2v) is 6.49. The van der Waals surface area contributed by atoms with Gasteiger partial charge in [-0.1, -0.05) is 5.16 Å². The van der Waals surface area contributed by atoms with Crippen LogP contribution in [-0.2, 0) is 30.7 Å². The van der Waals surface area contributed by atoms with E-state index in [2.05, 4.69) is 30.9 Å². The van der Waals surface area contributed by atoms with E-state index in [1.807, 2.05) is 18.5 Å². The first-order valence-corrected chi connectivity index (χ1v) is 8.91. The molecule has 9 nitrogen and oxygen atoms in total. The zero-order valence-electron chi connectivity index (χ0n) is 16.3. The van der Waals surface area contributed by atoms with Crippen molar-refractivity contribution in [1.82, 2.24) is 30.6 Å². The van der Waals surface area contributed by atoms with Crippen molar-refractivity contribution in [1.29, 1.82) is 0 Å². The smallest absolute Gasteiger partial charge is 0.191 e. The first-order chi connectivity index (χ1) is 12.6. The fraction of sp³-hybridized carbons (Fsp3) is 0.647. The van der Waals surface area contributed by atoms with Gasteiger partial charge in [0.2, 0.25) is 0 Å². The lowest BCUT2D eigenvalue weighted by Crippen LogP contribution is -2.47. The maximum absolute atomic E-state index is 5.21. The molecule has 2 aromatic rings. The average molecular weight is 489 g/mol. The molecule has 0 amide bonds. The number of nitrogens with one attached hydrogen (secondary N) is 2. The van der Waals surface area contributed by atoms with Crippen molar-refractivity contribution < 1.29 is 9.26 Å². The molecule has 0 aliphatic carbocycles. The maximum atomic E-state index is 5.21. The highest BCUT2D eigenvalue weighted by atomic mass is 127. The summed E-state index contributed by atoms with van der Waals surface area (Å²) in [5.41, 5.74) is 2.11. The Hall–Kier alpha value is -1.69. The number of methoxy groups -OCH3 is 1. The van der Waals surface area contributed by atoms with Crippen LogP contribution in [0.5, 0.6) is 0 Å². The number of guanidine groups is 1. The molecule has 2 N–H and O–H groups in total. The SMILES string of the molecule is CN=C(NCCc1c(C)noc1C)NC1CCc2nc(COC)nn2C1.I. The molecule has 0 spiro atoms. The van der Waals surface area contributed by atoms with Gasteiger partial charge < -0.3 is 19.9 Å². The van der Waals surface area contributed by atoms with Crippen LogP contribution in [0.25, 0.3) is 0 Å². The molecule has 1 aliphatic rings. The summed E-state index contributed by atoms with van der Waals surface area (Å²) in [5, 5.41) is 15.3. The van der Waals surface area contributed by atoms with E-state index in [-0.39, 0.29) is 30.0 Å². The molecule has 3 rings (SSSR count). The van der Waals surface area contributed by atoms with E-state index in [1.54, 1.807) is 14.2 Å². The number of ether oxygens (including phenoxy) is 1. The van der Waals surface area contributed by atoms with Gasteiger partial charge in [0.05, 0.1) is 12.2 Å². The van der Waals surface area contributed by atoms with Crippen molar-refractivity contribution in [2.75, 3.05) is 20.7 Å². The Morgan fingerprint density at radius 2 is 2.22 bits per heavy atom. The van der Waals surface area contributed by atoms with Gasteiger partial charge in [0.1, 0.15) is 18.2 Å². The third-order valence-corrected chi connectivity index (χ3v) is 4.59. The van der Waals surface area contributed by atoms with Crippen molar-refractivity contribution in [3.63, 3.8) is 0 Å². The van der Waals surface area contributed by atoms with Gasteiger partial charge in [0, 0.05) is 38.7 Å². The number of rotatable bonds is 6. The minimum atomic E-state index is 0. The Morgan fingerprint density at radius 3 is 2.89 bits per heavy atom. The fourth-order valence-electron chi connectivity index (χ4n) is 3.22. The molecule has 3 heterocycles.